The maximum atomic E-state index is 11.4. The molecule has 0 radical (unpaired) electrons. The zero-order chi connectivity index (χ0) is 12.6. The number of carboxylic acids is 1. The van der Waals surface area contributed by atoms with Crippen LogP contribution in [0.25, 0.3) is 0 Å². The third-order valence-electron chi connectivity index (χ3n) is 3.38. The number of carbonyl (C=O) groups is 1. The lowest BCUT2D eigenvalue weighted by Crippen LogP contribution is -2.22. The Bertz CT molecular complexity index is 461. The number of hydrogen-bond donors (Lipinski definition) is 1. The molecule has 5 heteroatoms. The van der Waals surface area contributed by atoms with E-state index in [-0.39, 0.29) is 5.92 Å². The highest BCUT2D eigenvalue weighted by Gasteiger charge is 2.60. The van der Waals surface area contributed by atoms with Gasteiger partial charge >= 0.3 is 5.97 Å². The van der Waals surface area contributed by atoms with Gasteiger partial charge in [-0.3, -0.25) is 4.79 Å². The van der Waals surface area contributed by atoms with Gasteiger partial charge in [0.2, 0.25) is 0 Å². The highest BCUT2D eigenvalue weighted by atomic mass is 35.5. The van der Waals surface area contributed by atoms with Crippen molar-refractivity contribution < 1.29 is 9.90 Å². The average Bonchev–Trinajstić information content (AvgIpc) is 2.98. The van der Waals surface area contributed by atoms with Gasteiger partial charge in [0.15, 0.2) is 0 Å². The minimum Gasteiger partial charge on any atom is -0.481 e. The fourth-order valence-electron chi connectivity index (χ4n) is 2.32. The molecule has 1 aromatic rings. The van der Waals surface area contributed by atoms with Crippen LogP contribution >= 0.6 is 34.8 Å². The van der Waals surface area contributed by atoms with Crippen molar-refractivity contribution in [1.29, 1.82) is 0 Å². The van der Waals surface area contributed by atoms with E-state index in [1.54, 1.807) is 18.2 Å². The van der Waals surface area contributed by atoms with E-state index in [1.807, 2.05) is 0 Å². The Hall–Kier alpha value is -0.440. The van der Waals surface area contributed by atoms with Gasteiger partial charge in [-0.2, -0.15) is 0 Å². The summed E-state index contributed by atoms with van der Waals surface area (Å²) in [6, 6.07) is 5.02. The Kier molecular flexibility index (Phi) is 3.58. The Labute approximate surface area is 114 Å². The van der Waals surface area contributed by atoms with Crippen LogP contribution in [0.3, 0.4) is 0 Å². The summed E-state index contributed by atoms with van der Waals surface area (Å²) < 4.78 is 0. The molecule has 1 N–H and O–H groups in total. The number of benzene rings is 1. The van der Waals surface area contributed by atoms with E-state index in [9.17, 15) is 9.90 Å². The van der Waals surface area contributed by atoms with Crippen LogP contribution in [0.5, 0.6) is 0 Å². The van der Waals surface area contributed by atoms with Crippen molar-refractivity contribution in [2.75, 3.05) is 5.88 Å². The van der Waals surface area contributed by atoms with Crippen LogP contribution in [-0.4, -0.2) is 17.0 Å². The zero-order valence-electron chi connectivity index (χ0n) is 8.92. The molecule has 1 aliphatic rings. The van der Waals surface area contributed by atoms with Crippen molar-refractivity contribution in [2.45, 2.75) is 18.3 Å². The van der Waals surface area contributed by atoms with E-state index in [4.69, 9.17) is 34.8 Å². The van der Waals surface area contributed by atoms with Crippen LogP contribution in [-0.2, 0) is 10.2 Å². The quantitative estimate of drug-likeness (QED) is 0.853. The summed E-state index contributed by atoms with van der Waals surface area (Å²) in [5.74, 6) is -0.248. The largest absolute Gasteiger partial charge is 0.481 e. The number of aliphatic carboxylic acids is 1. The molecule has 92 valence electrons. The predicted molar refractivity (Wildman–Crippen MR) is 69.2 cm³/mol. The van der Waals surface area contributed by atoms with Crippen LogP contribution in [0, 0.1) is 5.92 Å². The molecule has 0 amide bonds. The first-order chi connectivity index (χ1) is 8.02. The third kappa shape index (κ3) is 2.14. The average molecular weight is 294 g/mol. The topological polar surface area (TPSA) is 37.3 Å². The van der Waals surface area contributed by atoms with Gasteiger partial charge < -0.3 is 5.11 Å². The van der Waals surface area contributed by atoms with Gasteiger partial charge in [-0.25, -0.2) is 0 Å². The normalized spacial score (nSPS) is 26.9. The summed E-state index contributed by atoms with van der Waals surface area (Å²) in [6.07, 6.45) is 1.32. The Balaban J connectivity index is 2.36. The fourth-order valence-corrected chi connectivity index (χ4v) is 2.88. The summed E-state index contributed by atoms with van der Waals surface area (Å²) in [7, 11) is 0. The van der Waals surface area contributed by atoms with E-state index in [2.05, 4.69) is 0 Å². The lowest BCUT2D eigenvalue weighted by Gasteiger charge is -2.13. The molecule has 0 aliphatic heterocycles. The Morgan fingerprint density at radius 2 is 2.12 bits per heavy atom. The molecule has 0 saturated heterocycles. The number of rotatable bonds is 4. The monoisotopic (exact) mass is 292 g/mol. The smallest absolute Gasteiger partial charge is 0.314 e. The van der Waals surface area contributed by atoms with E-state index in [0.717, 1.165) is 5.56 Å². The van der Waals surface area contributed by atoms with Crippen molar-refractivity contribution in [1.82, 2.24) is 0 Å². The first kappa shape index (κ1) is 13.0. The van der Waals surface area contributed by atoms with Gasteiger partial charge in [0.25, 0.3) is 0 Å². The second-order valence-corrected chi connectivity index (χ2v) is 5.48. The minimum absolute atomic E-state index is 0.0924. The van der Waals surface area contributed by atoms with Gasteiger partial charge in [0.1, 0.15) is 0 Å². The molecule has 17 heavy (non-hydrogen) atoms. The van der Waals surface area contributed by atoms with Crippen molar-refractivity contribution in [3.8, 4) is 0 Å². The van der Waals surface area contributed by atoms with E-state index in [0.29, 0.717) is 28.8 Å². The van der Waals surface area contributed by atoms with Gasteiger partial charge in [-0.05, 0) is 36.5 Å². The van der Waals surface area contributed by atoms with Crippen molar-refractivity contribution >= 4 is 40.8 Å². The summed E-state index contributed by atoms with van der Waals surface area (Å²) in [6.45, 7) is 0. The van der Waals surface area contributed by atoms with Crippen LogP contribution in [0.15, 0.2) is 18.2 Å². The molecular weight excluding hydrogens is 282 g/mol. The summed E-state index contributed by atoms with van der Waals surface area (Å²) in [5, 5.41) is 10.2. The van der Waals surface area contributed by atoms with Crippen LogP contribution in [0.1, 0.15) is 18.4 Å². The molecule has 1 fully saturated rings. The highest BCUT2D eigenvalue weighted by Crippen LogP contribution is 2.56. The molecule has 2 rings (SSSR count). The minimum atomic E-state index is -0.816. The first-order valence-electron chi connectivity index (χ1n) is 5.27. The van der Waals surface area contributed by atoms with E-state index in [1.165, 1.54) is 0 Å². The van der Waals surface area contributed by atoms with E-state index < -0.39 is 11.4 Å². The van der Waals surface area contributed by atoms with Crippen molar-refractivity contribution in [2.24, 2.45) is 5.92 Å². The summed E-state index contributed by atoms with van der Waals surface area (Å²) >= 11 is 17.4. The molecule has 0 spiro atoms. The van der Waals surface area contributed by atoms with Gasteiger partial charge in [-0.1, -0.05) is 29.3 Å². The number of halogens is 3. The molecule has 1 aromatic carbocycles. The molecule has 1 aliphatic carbocycles. The fraction of sp³-hybridized carbons (Fsp3) is 0.417. The molecular formula is C12H11Cl3O2. The number of alkyl halides is 1. The first-order valence-corrected chi connectivity index (χ1v) is 6.56. The lowest BCUT2D eigenvalue weighted by molar-refractivity contribution is -0.140. The molecule has 0 bridgehead atoms. The third-order valence-corrected chi connectivity index (χ3v) is 4.34. The molecule has 0 aromatic heterocycles. The molecule has 0 heterocycles. The SMILES string of the molecule is O=C(O)[C@@]1(c2ccc(Cl)c(Cl)c2)C[C@H]1CCCl. The summed E-state index contributed by atoms with van der Waals surface area (Å²) in [5.41, 5.74) is -0.0992. The molecule has 1 saturated carbocycles. The van der Waals surface area contributed by atoms with Crippen LogP contribution < -0.4 is 0 Å². The predicted octanol–water partition coefficient (Wildman–Crippen LogP) is 3.96. The van der Waals surface area contributed by atoms with Crippen LogP contribution in [0.2, 0.25) is 10.0 Å². The van der Waals surface area contributed by atoms with Gasteiger partial charge in [-0.15, -0.1) is 11.6 Å². The highest BCUT2D eigenvalue weighted by molar-refractivity contribution is 6.42. The molecule has 0 unspecified atom stereocenters. The van der Waals surface area contributed by atoms with Crippen molar-refractivity contribution in [3.63, 3.8) is 0 Å². The number of hydrogen-bond acceptors (Lipinski definition) is 1. The van der Waals surface area contributed by atoms with Gasteiger partial charge in [0, 0.05) is 5.88 Å². The number of carboxylic acid groups (broad SMARTS) is 1. The standard InChI is InChI=1S/C12H11Cl3O2/c13-4-3-8-6-12(8,11(16)17)7-1-2-9(14)10(15)5-7/h1-2,5,8H,3-4,6H2,(H,16,17)/t8-,12-/m1/s1. The van der Waals surface area contributed by atoms with Gasteiger partial charge in [0.05, 0.1) is 15.5 Å². The maximum absolute atomic E-state index is 11.4. The van der Waals surface area contributed by atoms with Crippen LogP contribution in [0.4, 0.5) is 0 Å². The van der Waals surface area contributed by atoms with E-state index >= 15 is 0 Å². The Morgan fingerprint density at radius 1 is 1.41 bits per heavy atom. The Morgan fingerprint density at radius 3 is 2.65 bits per heavy atom. The second kappa shape index (κ2) is 4.68. The maximum Gasteiger partial charge on any atom is 0.314 e. The lowest BCUT2D eigenvalue weighted by atomic mass is 9.92. The zero-order valence-corrected chi connectivity index (χ0v) is 11.2. The molecule has 2 nitrogen and oxygen atoms in total. The summed E-state index contributed by atoms with van der Waals surface area (Å²) in [4.78, 5) is 11.4. The van der Waals surface area contributed by atoms with Crippen molar-refractivity contribution in [3.05, 3.63) is 33.8 Å². The molecule has 2 atom stereocenters. The second-order valence-electron chi connectivity index (χ2n) is 4.28.